The fourth-order valence-electron chi connectivity index (χ4n) is 2.65. The van der Waals surface area contributed by atoms with Gasteiger partial charge in [-0.05, 0) is 24.8 Å². The van der Waals surface area contributed by atoms with Crippen LogP contribution < -0.4 is 15.4 Å². The first-order valence-electron chi connectivity index (χ1n) is 7.65. The van der Waals surface area contributed by atoms with E-state index in [1.807, 2.05) is 0 Å². The Kier molecular flexibility index (Phi) is 4.14. The highest BCUT2D eigenvalue weighted by molar-refractivity contribution is 7.16. The van der Waals surface area contributed by atoms with E-state index in [1.165, 1.54) is 24.6 Å². The van der Waals surface area contributed by atoms with Gasteiger partial charge in [0.2, 0.25) is 5.88 Å². The molecule has 0 unspecified atom stereocenters. The molecule has 1 aliphatic carbocycles. The van der Waals surface area contributed by atoms with Gasteiger partial charge < -0.3 is 15.4 Å². The summed E-state index contributed by atoms with van der Waals surface area (Å²) in [5, 5.41) is 5.90. The lowest BCUT2D eigenvalue weighted by Crippen LogP contribution is -2.20. The first-order chi connectivity index (χ1) is 12.2. The van der Waals surface area contributed by atoms with Gasteiger partial charge >= 0.3 is 6.03 Å². The second-order valence-electron chi connectivity index (χ2n) is 5.66. The van der Waals surface area contributed by atoms with Crippen molar-refractivity contribution < 1.29 is 9.53 Å². The molecule has 4 rings (SSSR count). The number of urea groups is 1. The Morgan fingerprint density at radius 3 is 2.84 bits per heavy atom. The van der Waals surface area contributed by atoms with Gasteiger partial charge in [0, 0.05) is 5.56 Å². The molecule has 128 valence electrons. The summed E-state index contributed by atoms with van der Waals surface area (Å²) in [5.74, 6) is 0.738. The summed E-state index contributed by atoms with van der Waals surface area (Å²) in [6, 6.07) is 1.19. The standard InChI is InChI=1S/C16H14ClN5O2S/c1-24-14-10(17)4-9(5-18-14)21-16(23)22-11-6-19-15-13(20-7-25-15)12(11)8-2-3-8/h4-8H,2-3H2,1H3,(H2,21,22,23). The number of rotatable bonds is 4. The van der Waals surface area contributed by atoms with Crippen molar-refractivity contribution in [3.8, 4) is 5.88 Å². The fourth-order valence-corrected chi connectivity index (χ4v) is 3.54. The van der Waals surface area contributed by atoms with Crippen LogP contribution in [0.5, 0.6) is 5.88 Å². The van der Waals surface area contributed by atoms with Crippen LogP contribution in [0.3, 0.4) is 0 Å². The van der Waals surface area contributed by atoms with Crippen LogP contribution in [0.25, 0.3) is 10.3 Å². The van der Waals surface area contributed by atoms with Gasteiger partial charge in [0.1, 0.15) is 15.4 Å². The highest BCUT2D eigenvalue weighted by Crippen LogP contribution is 2.46. The van der Waals surface area contributed by atoms with Crippen molar-refractivity contribution in [2.24, 2.45) is 0 Å². The second-order valence-corrected chi connectivity index (χ2v) is 6.90. The Bertz CT molecular complexity index is 957. The summed E-state index contributed by atoms with van der Waals surface area (Å²) in [6.45, 7) is 0. The molecule has 1 aliphatic rings. The maximum Gasteiger partial charge on any atom is 0.323 e. The Labute approximate surface area is 152 Å². The van der Waals surface area contributed by atoms with Crippen LogP contribution in [0.1, 0.15) is 24.3 Å². The molecule has 0 aliphatic heterocycles. The van der Waals surface area contributed by atoms with Crippen molar-refractivity contribution in [3.63, 3.8) is 0 Å². The van der Waals surface area contributed by atoms with E-state index in [0.29, 0.717) is 28.2 Å². The number of pyridine rings is 2. The Hall–Kier alpha value is -2.45. The van der Waals surface area contributed by atoms with E-state index in [0.717, 1.165) is 28.8 Å². The Balaban J connectivity index is 1.56. The molecule has 0 saturated heterocycles. The second kappa shape index (κ2) is 6.45. The van der Waals surface area contributed by atoms with E-state index < -0.39 is 0 Å². The summed E-state index contributed by atoms with van der Waals surface area (Å²) >= 11 is 7.52. The van der Waals surface area contributed by atoms with Crippen molar-refractivity contribution in [3.05, 3.63) is 34.6 Å². The summed E-state index contributed by atoms with van der Waals surface area (Å²) in [4.78, 5) is 26.0. The van der Waals surface area contributed by atoms with Gasteiger partial charge in [-0.15, -0.1) is 11.3 Å². The largest absolute Gasteiger partial charge is 0.480 e. The molecule has 0 atom stereocenters. The van der Waals surface area contributed by atoms with Gasteiger partial charge in [0.15, 0.2) is 0 Å². The number of hydrogen-bond donors (Lipinski definition) is 2. The average molecular weight is 376 g/mol. The molecule has 9 heteroatoms. The number of methoxy groups -OCH3 is 1. The van der Waals surface area contributed by atoms with Gasteiger partial charge in [-0.2, -0.15) is 0 Å². The number of thiazole rings is 1. The van der Waals surface area contributed by atoms with Crippen LogP contribution in [0.4, 0.5) is 16.2 Å². The lowest BCUT2D eigenvalue weighted by atomic mass is 10.1. The van der Waals surface area contributed by atoms with E-state index >= 15 is 0 Å². The molecule has 2 N–H and O–H groups in total. The number of amides is 2. The first kappa shape index (κ1) is 16.0. The minimum absolute atomic E-state index is 0.307. The predicted octanol–water partition coefficient (Wildman–Crippen LogP) is 4.27. The fraction of sp³-hybridized carbons (Fsp3) is 0.250. The van der Waals surface area contributed by atoms with Crippen LogP contribution in [-0.2, 0) is 0 Å². The van der Waals surface area contributed by atoms with Crippen LogP contribution in [-0.4, -0.2) is 28.1 Å². The third kappa shape index (κ3) is 3.22. The van der Waals surface area contributed by atoms with Crippen LogP contribution >= 0.6 is 22.9 Å². The molecule has 3 heterocycles. The van der Waals surface area contributed by atoms with Gasteiger partial charge in [-0.3, -0.25) is 0 Å². The number of ether oxygens (including phenoxy) is 1. The van der Waals surface area contributed by atoms with E-state index in [2.05, 4.69) is 25.6 Å². The molecule has 3 aromatic rings. The number of hydrogen-bond acceptors (Lipinski definition) is 6. The van der Waals surface area contributed by atoms with Gasteiger partial charge in [0.05, 0.1) is 36.4 Å². The molecule has 3 aromatic heterocycles. The third-order valence-corrected chi connectivity index (χ3v) is 4.90. The van der Waals surface area contributed by atoms with Crippen LogP contribution in [0.15, 0.2) is 24.0 Å². The average Bonchev–Trinajstić information content (AvgIpc) is 3.31. The minimum Gasteiger partial charge on any atom is -0.480 e. The number of nitrogens with zero attached hydrogens (tertiary/aromatic N) is 3. The quantitative estimate of drug-likeness (QED) is 0.710. The topological polar surface area (TPSA) is 89.0 Å². The Morgan fingerprint density at radius 2 is 2.12 bits per heavy atom. The van der Waals surface area contributed by atoms with Gasteiger partial charge in [0.25, 0.3) is 0 Å². The lowest BCUT2D eigenvalue weighted by molar-refractivity contribution is 0.262. The predicted molar refractivity (Wildman–Crippen MR) is 97.8 cm³/mol. The van der Waals surface area contributed by atoms with Crippen molar-refractivity contribution in [2.45, 2.75) is 18.8 Å². The number of anilines is 2. The number of carbonyl (C=O) groups excluding carboxylic acids is 1. The molecule has 0 spiro atoms. The number of aromatic nitrogens is 3. The third-order valence-electron chi connectivity index (χ3n) is 3.90. The smallest absolute Gasteiger partial charge is 0.323 e. The highest BCUT2D eigenvalue weighted by Gasteiger charge is 2.30. The zero-order chi connectivity index (χ0) is 17.4. The maximum atomic E-state index is 12.3. The van der Waals surface area contributed by atoms with E-state index in [9.17, 15) is 4.79 Å². The normalized spacial score (nSPS) is 13.7. The summed E-state index contributed by atoms with van der Waals surface area (Å²) in [5.41, 5.74) is 4.87. The number of carbonyl (C=O) groups is 1. The van der Waals surface area contributed by atoms with Crippen molar-refractivity contribution in [1.82, 2.24) is 15.0 Å². The van der Waals surface area contributed by atoms with E-state index in [1.54, 1.807) is 17.8 Å². The molecule has 0 aromatic carbocycles. The highest BCUT2D eigenvalue weighted by atomic mass is 35.5. The molecule has 0 radical (unpaired) electrons. The molecule has 1 fully saturated rings. The molecular weight excluding hydrogens is 362 g/mol. The number of nitrogens with one attached hydrogen (secondary N) is 2. The molecule has 2 amide bonds. The molecule has 0 bridgehead atoms. The summed E-state index contributed by atoms with van der Waals surface area (Å²) < 4.78 is 5.00. The number of halogens is 1. The first-order valence-corrected chi connectivity index (χ1v) is 8.91. The van der Waals surface area contributed by atoms with Gasteiger partial charge in [-0.25, -0.2) is 19.7 Å². The van der Waals surface area contributed by atoms with Crippen molar-refractivity contribution in [2.75, 3.05) is 17.7 Å². The molecular formula is C16H14ClN5O2S. The molecule has 1 saturated carbocycles. The molecule has 7 nitrogen and oxygen atoms in total. The van der Waals surface area contributed by atoms with Crippen molar-refractivity contribution in [1.29, 1.82) is 0 Å². The monoisotopic (exact) mass is 375 g/mol. The Morgan fingerprint density at radius 1 is 1.28 bits per heavy atom. The van der Waals surface area contributed by atoms with Crippen LogP contribution in [0.2, 0.25) is 5.02 Å². The van der Waals surface area contributed by atoms with Crippen molar-refractivity contribution >= 4 is 50.7 Å². The van der Waals surface area contributed by atoms with Gasteiger partial charge in [-0.1, -0.05) is 11.6 Å². The molecule has 25 heavy (non-hydrogen) atoms. The minimum atomic E-state index is -0.388. The zero-order valence-corrected chi connectivity index (χ0v) is 14.8. The zero-order valence-electron chi connectivity index (χ0n) is 13.2. The lowest BCUT2D eigenvalue weighted by Gasteiger charge is -2.12. The summed E-state index contributed by atoms with van der Waals surface area (Å²) in [7, 11) is 1.48. The maximum absolute atomic E-state index is 12.3. The van der Waals surface area contributed by atoms with E-state index in [-0.39, 0.29) is 6.03 Å². The van der Waals surface area contributed by atoms with Crippen LogP contribution in [0, 0.1) is 0 Å². The summed E-state index contributed by atoms with van der Waals surface area (Å²) in [6.07, 6.45) is 5.37. The SMILES string of the molecule is COc1ncc(NC(=O)Nc2cnc3scnc3c2C2CC2)cc1Cl. The van der Waals surface area contributed by atoms with E-state index in [4.69, 9.17) is 16.3 Å². The number of fused-ring (bicyclic) bond motifs is 1.